The lowest BCUT2D eigenvalue weighted by atomic mass is 10.1. The second kappa shape index (κ2) is 13.3. The molecule has 0 aliphatic rings. The Morgan fingerprint density at radius 1 is 0.872 bits per heavy atom. The van der Waals surface area contributed by atoms with E-state index in [0.29, 0.717) is 34.3 Å². The summed E-state index contributed by atoms with van der Waals surface area (Å²) in [6.45, 7) is 7.28. The van der Waals surface area contributed by atoms with Crippen LogP contribution in [0.4, 0.5) is 5.69 Å². The van der Waals surface area contributed by atoms with E-state index < -0.39 is 28.5 Å². The third kappa shape index (κ3) is 7.53. The minimum absolute atomic E-state index is 0.0394. The molecule has 1 N–H and O–H groups in total. The maximum Gasteiger partial charge on any atom is 0.264 e. The van der Waals surface area contributed by atoms with Crippen LogP contribution in [-0.2, 0) is 26.2 Å². The minimum atomic E-state index is -4.11. The first-order chi connectivity index (χ1) is 18.5. The van der Waals surface area contributed by atoms with Crippen molar-refractivity contribution in [3.05, 3.63) is 93.5 Å². The van der Waals surface area contributed by atoms with Crippen molar-refractivity contribution >= 4 is 50.7 Å². The van der Waals surface area contributed by atoms with Crippen molar-refractivity contribution in [1.82, 2.24) is 10.2 Å². The van der Waals surface area contributed by atoms with Crippen molar-refractivity contribution in [1.29, 1.82) is 0 Å². The van der Waals surface area contributed by atoms with Crippen LogP contribution >= 0.6 is 23.2 Å². The summed E-state index contributed by atoms with van der Waals surface area (Å²) in [6, 6.07) is 17.5. The molecule has 0 aliphatic heterocycles. The Kier molecular flexibility index (Phi) is 10.4. The average Bonchev–Trinajstić information content (AvgIpc) is 2.90. The summed E-state index contributed by atoms with van der Waals surface area (Å²) in [5.74, 6) is -0.855. The molecule has 3 rings (SSSR count). The van der Waals surface area contributed by atoms with E-state index in [2.05, 4.69) is 5.32 Å². The highest BCUT2D eigenvalue weighted by molar-refractivity contribution is 7.92. The second-order valence-electron chi connectivity index (χ2n) is 9.25. The molecule has 0 spiro atoms. The first-order valence-electron chi connectivity index (χ1n) is 12.6. The van der Waals surface area contributed by atoms with Gasteiger partial charge in [-0.05, 0) is 69.2 Å². The Morgan fingerprint density at radius 3 is 2.00 bits per heavy atom. The standard InChI is InChI=1S/C29H33Cl2N3O4S/c1-5-27(29(36)32-6-2)33(18-22-11-16-25(30)26(31)17-22)28(35)19-34(23-12-7-20(3)8-13-23)39(37,38)24-14-9-21(4)10-15-24/h7-17,27H,5-6,18-19H2,1-4H3,(H,32,36)/t27-/m1/s1. The van der Waals surface area contributed by atoms with Crippen molar-refractivity contribution in [2.75, 3.05) is 17.4 Å². The quantitative estimate of drug-likeness (QED) is 0.308. The number of aryl methyl sites for hydroxylation is 2. The van der Waals surface area contributed by atoms with Gasteiger partial charge in [-0.2, -0.15) is 0 Å². The predicted molar refractivity (Wildman–Crippen MR) is 157 cm³/mol. The largest absolute Gasteiger partial charge is 0.355 e. The summed E-state index contributed by atoms with van der Waals surface area (Å²) in [7, 11) is -4.11. The van der Waals surface area contributed by atoms with E-state index in [9.17, 15) is 18.0 Å². The lowest BCUT2D eigenvalue weighted by Gasteiger charge is -2.33. The van der Waals surface area contributed by atoms with Crippen LogP contribution in [0.5, 0.6) is 0 Å². The highest BCUT2D eigenvalue weighted by Crippen LogP contribution is 2.27. The maximum atomic E-state index is 14.0. The molecule has 0 saturated heterocycles. The summed E-state index contributed by atoms with van der Waals surface area (Å²) >= 11 is 12.3. The monoisotopic (exact) mass is 589 g/mol. The number of benzene rings is 3. The molecule has 0 heterocycles. The number of halogens is 2. The third-order valence-corrected chi connectivity index (χ3v) is 8.81. The molecule has 0 aliphatic carbocycles. The number of anilines is 1. The summed E-state index contributed by atoms with van der Waals surface area (Å²) in [5, 5.41) is 3.46. The van der Waals surface area contributed by atoms with Crippen LogP contribution in [0.25, 0.3) is 0 Å². The lowest BCUT2D eigenvalue weighted by Crippen LogP contribution is -2.52. The summed E-state index contributed by atoms with van der Waals surface area (Å²) in [4.78, 5) is 28.4. The van der Waals surface area contributed by atoms with Crippen LogP contribution in [-0.4, -0.2) is 44.3 Å². The molecule has 2 amide bonds. The van der Waals surface area contributed by atoms with E-state index in [1.165, 1.54) is 17.0 Å². The van der Waals surface area contributed by atoms with E-state index >= 15 is 0 Å². The van der Waals surface area contributed by atoms with Gasteiger partial charge in [-0.15, -0.1) is 0 Å². The van der Waals surface area contributed by atoms with Crippen molar-refractivity contribution in [2.24, 2.45) is 0 Å². The molecule has 3 aromatic rings. The number of nitrogens with one attached hydrogen (secondary N) is 1. The fourth-order valence-corrected chi connectivity index (χ4v) is 5.86. The van der Waals surface area contributed by atoms with Gasteiger partial charge in [-0.3, -0.25) is 13.9 Å². The molecule has 0 aromatic heterocycles. The smallest absolute Gasteiger partial charge is 0.264 e. The highest BCUT2D eigenvalue weighted by Gasteiger charge is 2.33. The highest BCUT2D eigenvalue weighted by atomic mass is 35.5. The Hall–Kier alpha value is -3.07. The number of sulfonamides is 1. The lowest BCUT2D eigenvalue weighted by molar-refractivity contribution is -0.140. The summed E-state index contributed by atoms with van der Waals surface area (Å²) < 4.78 is 28.8. The molecule has 1 atom stereocenters. The fraction of sp³-hybridized carbons (Fsp3) is 0.310. The number of hydrogen-bond donors (Lipinski definition) is 1. The van der Waals surface area contributed by atoms with Crippen molar-refractivity contribution in [3.8, 4) is 0 Å². The molecule has 208 valence electrons. The molecule has 0 radical (unpaired) electrons. The van der Waals surface area contributed by atoms with Crippen LogP contribution in [0.1, 0.15) is 37.0 Å². The molecule has 7 nitrogen and oxygen atoms in total. The van der Waals surface area contributed by atoms with Gasteiger partial charge in [0.25, 0.3) is 10.0 Å². The fourth-order valence-electron chi connectivity index (χ4n) is 4.12. The Morgan fingerprint density at radius 2 is 1.46 bits per heavy atom. The topological polar surface area (TPSA) is 86.8 Å². The van der Waals surface area contributed by atoms with Gasteiger partial charge in [0.05, 0.1) is 20.6 Å². The number of likely N-dealkylation sites (N-methyl/N-ethyl adjacent to an activating group) is 1. The van der Waals surface area contributed by atoms with Gasteiger partial charge in [0.1, 0.15) is 12.6 Å². The zero-order chi connectivity index (χ0) is 28.7. The summed E-state index contributed by atoms with van der Waals surface area (Å²) in [5.41, 5.74) is 2.85. The number of amides is 2. The average molecular weight is 591 g/mol. The van der Waals surface area contributed by atoms with E-state index in [-0.39, 0.29) is 17.3 Å². The van der Waals surface area contributed by atoms with E-state index in [1.54, 1.807) is 68.4 Å². The van der Waals surface area contributed by atoms with Gasteiger partial charge in [0, 0.05) is 13.1 Å². The normalized spacial score (nSPS) is 12.1. The number of carbonyl (C=O) groups excluding carboxylic acids is 2. The van der Waals surface area contributed by atoms with Gasteiger partial charge in [-0.1, -0.05) is 71.6 Å². The van der Waals surface area contributed by atoms with E-state index in [4.69, 9.17) is 23.2 Å². The van der Waals surface area contributed by atoms with Gasteiger partial charge in [-0.25, -0.2) is 8.42 Å². The molecule has 0 fully saturated rings. The molecule has 3 aromatic carbocycles. The van der Waals surface area contributed by atoms with Crippen LogP contribution in [0.2, 0.25) is 10.0 Å². The summed E-state index contributed by atoms with van der Waals surface area (Å²) in [6.07, 6.45) is 0.328. The number of hydrogen-bond acceptors (Lipinski definition) is 4. The first kappa shape index (κ1) is 30.5. The van der Waals surface area contributed by atoms with Gasteiger partial charge >= 0.3 is 0 Å². The zero-order valence-electron chi connectivity index (χ0n) is 22.4. The first-order valence-corrected chi connectivity index (χ1v) is 14.8. The molecule has 0 bridgehead atoms. The predicted octanol–water partition coefficient (Wildman–Crippen LogP) is 5.75. The number of rotatable bonds is 11. The van der Waals surface area contributed by atoms with Crippen LogP contribution in [0.3, 0.4) is 0 Å². The van der Waals surface area contributed by atoms with Crippen LogP contribution in [0, 0.1) is 13.8 Å². The number of carbonyl (C=O) groups is 2. The van der Waals surface area contributed by atoms with Gasteiger partial charge in [0.2, 0.25) is 11.8 Å². The van der Waals surface area contributed by atoms with Crippen molar-refractivity contribution in [2.45, 2.75) is 51.6 Å². The number of nitrogens with zero attached hydrogens (tertiary/aromatic N) is 2. The van der Waals surface area contributed by atoms with Crippen molar-refractivity contribution in [3.63, 3.8) is 0 Å². The zero-order valence-corrected chi connectivity index (χ0v) is 24.8. The molecule has 0 saturated carbocycles. The molecule has 10 heteroatoms. The third-order valence-electron chi connectivity index (χ3n) is 6.28. The SMILES string of the molecule is CCNC(=O)[C@@H](CC)N(Cc1ccc(Cl)c(Cl)c1)C(=O)CN(c1ccc(C)cc1)S(=O)(=O)c1ccc(C)cc1. The Bertz CT molecular complexity index is 1410. The molecular formula is C29H33Cl2N3O4S. The maximum absolute atomic E-state index is 14.0. The van der Waals surface area contributed by atoms with E-state index in [1.807, 2.05) is 13.8 Å². The van der Waals surface area contributed by atoms with E-state index in [0.717, 1.165) is 15.4 Å². The molecular weight excluding hydrogens is 557 g/mol. The van der Waals surface area contributed by atoms with Crippen molar-refractivity contribution < 1.29 is 18.0 Å². The van der Waals surface area contributed by atoms with Gasteiger partial charge < -0.3 is 10.2 Å². The van der Waals surface area contributed by atoms with Crippen LogP contribution in [0.15, 0.2) is 71.6 Å². The second-order valence-corrected chi connectivity index (χ2v) is 11.9. The Balaban J connectivity index is 2.06. The van der Waals surface area contributed by atoms with Gasteiger partial charge in [0.15, 0.2) is 0 Å². The molecule has 0 unspecified atom stereocenters. The Labute approximate surface area is 240 Å². The molecule has 39 heavy (non-hydrogen) atoms. The minimum Gasteiger partial charge on any atom is -0.355 e. The van der Waals surface area contributed by atoms with Crippen LogP contribution < -0.4 is 9.62 Å².